The van der Waals surface area contributed by atoms with Crippen LogP contribution in [-0.4, -0.2) is 17.1 Å². The summed E-state index contributed by atoms with van der Waals surface area (Å²) < 4.78 is 0. The fourth-order valence-electron chi connectivity index (χ4n) is 2.78. The van der Waals surface area contributed by atoms with Crippen molar-refractivity contribution in [1.82, 2.24) is 4.98 Å². The maximum absolute atomic E-state index is 8.88. The summed E-state index contributed by atoms with van der Waals surface area (Å²) in [7, 11) is 0. The summed E-state index contributed by atoms with van der Waals surface area (Å²) in [6, 6.07) is 7.53. The van der Waals surface area contributed by atoms with Crippen molar-refractivity contribution in [2.75, 3.05) is 11.9 Å². The highest BCUT2D eigenvalue weighted by atomic mass is 15.1. The zero-order valence-corrected chi connectivity index (χ0v) is 10.8. The van der Waals surface area contributed by atoms with Crippen molar-refractivity contribution in [2.24, 2.45) is 11.7 Å². The van der Waals surface area contributed by atoms with E-state index in [4.69, 9.17) is 11.0 Å². The minimum atomic E-state index is -0.0701. The molecule has 0 spiro atoms. The summed E-state index contributed by atoms with van der Waals surface area (Å²) in [6.07, 6.45) is 4.74. The molecule has 2 rings (SSSR count). The molecule has 0 aliphatic heterocycles. The smallest absolute Gasteiger partial charge is 0.142 e. The Morgan fingerprint density at radius 3 is 3.06 bits per heavy atom. The van der Waals surface area contributed by atoms with E-state index >= 15 is 0 Å². The second-order valence-electron chi connectivity index (χ2n) is 5.15. The van der Waals surface area contributed by atoms with E-state index in [2.05, 4.69) is 23.3 Å². The average Bonchev–Trinajstić information content (AvgIpc) is 2.42. The van der Waals surface area contributed by atoms with Crippen LogP contribution in [0.5, 0.6) is 0 Å². The van der Waals surface area contributed by atoms with Gasteiger partial charge in [-0.05, 0) is 30.9 Å². The SMILES string of the molecule is CC1CCCCC1(CN)Nc1cccc(C#N)n1. The first kappa shape index (κ1) is 12.8. The molecule has 1 aromatic heterocycles. The second kappa shape index (κ2) is 5.36. The van der Waals surface area contributed by atoms with Crippen molar-refractivity contribution in [3.63, 3.8) is 0 Å². The molecule has 2 atom stereocenters. The molecule has 96 valence electrons. The Labute approximate surface area is 108 Å². The lowest BCUT2D eigenvalue weighted by Gasteiger charge is -2.43. The Morgan fingerprint density at radius 1 is 1.56 bits per heavy atom. The summed E-state index contributed by atoms with van der Waals surface area (Å²) in [5.41, 5.74) is 6.36. The quantitative estimate of drug-likeness (QED) is 0.855. The molecule has 1 fully saturated rings. The normalized spacial score (nSPS) is 27.5. The van der Waals surface area contributed by atoms with E-state index in [1.807, 2.05) is 12.1 Å². The highest BCUT2D eigenvalue weighted by Crippen LogP contribution is 2.35. The Hall–Kier alpha value is -1.60. The van der Waals surface area contributed by atoms with Gasteiger partial charge in [-0.2, -0.15) is 5.26 Å². The molecular weight excluding hydrogens is 224 g/mol. The molecule has 0 radical (unpaired) electrons. The van der Waals surface area contributed by atoms with Gasteiger partial charge in [-0.25, -0.2) is 4.98 Å². The van der Waals surface area contributed by atoms with E-state index in [1.54, 1.807) is 6.07 Å². The van der Waals surface area contributed by atoms with Crippen molar-refractivity contribution < 1.29 is 0 Å². The van der Waals surface area contributed by atoms with Gasteiger partial charge in [-0.15, -0.1) is 0 Å². The van der Waals surface area contributed by atoms with Crippen molar-refractivity contribution in [3.8, 4) is 6.07 Å². The lowest BCUT2D eigenvalue weighted by molar-refractivity contribution is 0.235. The van der Waals surface area contributed by atoms with Crippen molar-refractivity contribution >= 4 is 5.82 Å². The first-order valence-corrected chi connectivity index (χ1v) is 6.55. The molecular formula is C14H20N4. The van der Waals surface area contributed by atoms with Crippen molar-refractivity contribution in [3.05, 3.63) is 23.9 Å². The summed E-state index contributed by atoms with van der Waals surface area (Å²) in [5.74, 6) is 1.29. The second-order valence-corrected chi connectivity index (χ2v) is 5.15. The van der Waals surface area contributed by atoms with Crippen LogP contribution in [0.25, 0.3) is 0 Å². The fraction of sp³-hybridized carbons (Fsp3) is 0.571. The average molecular weight is 244 g/mol. The number of nitrogens with two attached hydrogens (primary N) is 1. The minimum absolute atomic E-state index is 0.0701. The number of aromatic nitrogens is 1. The molecule has 0 amide bonds. The van der Waals surface area contributed by atoms with Gasteiger partial charge in [-0.1, -0.05) is 25.8 Å². The number of nitrogens with zero attached hydrogens (tertiary/aromatic N) is 2. The third kappa shape index (κ3) is 2.46. The van der Waals surface area contributed by atoms with E-state index in [-0.39, 0.29) is 5.54 Å². The molecule has 1 heterocycles. The van der Waals surface area contributed by atoms with Gasteiger partial charge in [0.15, 0.2) is 0 Å². The van der Waals surface area contributed by atoms with Crippen molar-refractivity contribution in [2.45, 2.75) is 38.1 Å². The standard InChI is InChI=1S/C14H20N4/c1-11-5-2-3-8-14(11,10-16)18-13-7-4-6-12(9-15)17-13/h4,6-7,11H,2-3,5,8,10,16H2,1H3,(H,17,18). The van der Waals surface area contributed by atoms with E-state index in [0.29, 0.717) is 18.2 Å². The fourth-order valence-corrected chi connectivity index (χ4v) is 2.78. The van der Waals surface area contributed by atoms with Gasteiger partial charge >= 0.3 is 0 Å². The van der Waals surface area contributed by atoms with Gasteiger partial charge in [-0.3, -0.25) is 0 Å². The predicted octanol–water partition coefficient (Wildman–Crippen LogP) is 2.27. The number of anilines is 1. The summed E-state index contributed by atoms with van der Waals surface area (Å²) in [6.45, 7) is 2.85. The molecule has 18 heavy (non-hydrogen) atoms. The van der Waals surface area contributed by atoms with Crippen LogP contribution in [0, 0.1) is 17.2 Å². The minimum Gasteiger partial charge on any atom is -0.363 e. The Balaban J connectivity index is 2.21. The van der Waals surface area contributed by atoms with Crippen LogP contribution in [0.2, 0.25) is 0 Å². The molecule has 0 saturated heterocycles. The molecule has 1 saturated carbocycles. The molecule has 0 aromatic carbocycles. The molecule has 4 heteroatoms. The van der Waals surface area contributed by atoms with Crippen LogP contribution in [-0.2, 0) is 0 Å². The topological polar surface area (TPSA) is 74.7 Å². The molecule has 2 unspecified atom stereocenters. The van der Waals surface area contributed by atoms with E-state index in [1.165, 1.54) is 19.3 Å². The number of hydrogen-bond acceptors (Lipinski definition) is 4. The van der Waals surface area contributed by atoms with Gasteiger partial charge in [0, 0.05) is 6.54 Å². The van der Waals surface area contributed by atoms with Gasteiger partial charge in [0.05, 0.1) is 5.54 Å². The zero-order chi connectivity index (χ0) is 13.0. The Bertz CT molecular complexity index is 451. The molecule has 3 N–H and O–H groups in total. The number of pyridine rings is 1. The number of nitriles is 1. The maximum atomic E-state index is 8.88. The van der Waals surface area contributed by atoms with E-state index in [0.717, 1.165) is 12.2 Å². The monoisotopic (exact) mass is 244 g/mol. The third-order valence-corrected chi connectivity index (χ3v) is 4.06. The van der Waals surface area contributed by atoms with Crippen LogP contribution < -0.4 is 11.1 Å². The van der Waals surface area contributed by atoms with E-state index in [9.17, 15) is 0 Å². The zero-order valence-electron chi connectivity index (χ0n) is 10.8. The van der Waals surface area contributed by atoms with Gasteiger partial charge < -0.3 is 11.1 Å². The van der Waals surface area contributed by atoms with Crippen molar-refractivity contribution in [1.29, 1.82) is 5.26 Å². The van der Waals surface area contributed by atoms with Crippen LogP contribution in [0.1, 0.15) is 38.3 Å². The third-order valence-electron chi connectivity index (χ3n) is 4.06. The maximum Gasteiger partial charge on any atom is 0.142 e. The van der Waals surface area contributed by atoms with Crippen LogP contribution in [0.4, 0.5) is 5.82 Å². The largest absolute Gasteiger partial charge is 0.363 e. The lowest BCUT2D eigenvalue weighted by Crippen LogP contribution is -2.52. The molecule has 1 aliphatic rings. The van der Waals surface area contributed by atoms with Crippen LogP contribution in [0.3, 0.4) is 0 Å². The molecule has 1 aliphatic carbocycles. The molecule has 1 aromatic rings. The molecule has 4 nitrogen and oxygen atoms in total. The van der Waals surface area contributed by atoms with Gasteiger partial charge in [0.1, 0.15) is 17.6 Å². The first-order chi connectivity index (χ1) is 8.70. The van der Waals surface area contributed by atoms with E-state index < -0.39 is 0 Å². The lowest BCUT2D eigenvalue weighted by atomic mass is 9.73. The number of nitrogens with one attached hydrogen (secondary N) is 1. The van der Waals surface area contributed by atoms with Gasteiger partial charge in [0.25, 0.3) is 0 Å². The molecule has 0 bridgehead atoms. The van der Waals surface area contributed by atoms with Crippen LogP contribution >= 0.6 is 0 Å². The van der Waals surface area contributed by atoms with Gasteiger partial charge in [0.2, 0.25) is 0 Å². The highest BCUT2D eigenvalue weighted by Gasteiger charge is 2.37. The summed E-state index contributed by atoms with van der Waals surface area (Å²) in [4.78, 5) is 4.28. The summed E-state index contributed by atoms with van der Waals surface area (Å²) in [5, 5.41) is 12.4. The Kier molecular flexibility index (Phi) is 3.83. The first-order valence-electron chi connectivity index (χ1n) is 6.55. The predicted molar refractivity (Wildman–Crippen MR) is 72.0 cm³/mol. The van der Waals surface area contributed by atoms with Crippen LogP contribution in [0.15, 0.2) is 18.2 Å². The Morgan fingerprint density at radius 2 is 2.39 bits per heavy atom. The number of rotatable bonds is 3. The highest BCUT2D eigenvalue weighted by molar-refractivity contribution is 5.41. The summed E-state index contributed by atoms with van der Waals surface area (Å²) >= 11 is 0. The number of hydrogen-bond donors (Lipinski definition) is 2.